The number of unbranched alkanes of at least 4 members (excludes halogenated alkanes) is 10. The van der Waals surface area contributed by atoms with Gasteiger partial charge in [0.1, 0.15) is 20.2 Å². The van der Waals surface area contributed by atoms with Crippen molar-refractivity contribution in [3.05, 3.63) is 83.9 Å². The minimum Gasteiger partial charge on any atom is -0.744 e. The van der Waals surface area contributed by atoms with E-state index >= 15 is 0 Å². The molecule has 0 aromatic heterocycles. The van der Waals surface area contributed by atoms with Gasteiger partial charge in [0.2, 0.25) is 0 Å². The third-order valence-corrected chi connectivity index (χ3v) is 9.63. The van der Waals surface area contributed by atoms with E-state index in [-0.39, 0.29) is 47.5 Å². The number of fused-ring (bicyclic) bond motifs is 2. The Morgan fingerprint density at radius 2 is 0.778 bits per heavy atom. The molecule has 0 fully saturated rings. The Morgan fingerprint density at radius 1 is 0.444 bits per heavy atom. The molecule has 4 aromatic carbocycles. The molecule has 0 radical (unpaired) electrons. The average Bonchev–Trinajstić information content (AvgIpc) is 2.99. The Hall–Kier alpha value is -1.52. The molecular formula is C36H46CaO6S2. The third kappa shape index (κ3) is 14.0. The largest absolute Gasteiger partial charge is 2.00 e. The van der Waals surface area contributed by atoms with Gasteiger partial charge in [-0.2, -0.15) is 0 Å². The molecule has 4 rings (SSSR count). The van der Waals surface area contributed by atoms with Crippen LogP contribution in [0.2, 0.25) is 0 Å². The predicted octanol–water partition coefficient (Wildman–Crippen LogP) is 8.91. The quantitative estimate of drug-likeness (QED) is 0.0664. The number of aryl methyl sites for hydroxylation is 2. The summed E-state index contributed by atoms with van der Waals surface area (Å²) in [6.45, 7) is 4.43. The van der Waals surface area contributed by atoms with E-state index in [4.69, 9.17) is 0 Å². The average molecular weight is 679 g/mol. The first kappa shape index (κ1) is 39.7. The molecule has 0 aliphatic carbocycles. The molecule has 45 heavy (non-hydrogen) atoms. The van der Waals surface area contributed by atoms with Crippen LogP contribution in [0.4, 0.5) is 0 Å². The summed E-state index contributed by atoms with van der Waals surface area (Å²) in [4.78, 5) is -0.312. The summed E-state index contributed by atoms with van der Waals surface area (Å²) >= 11 is 0. The van der Waals surface area contributed by atoms with Gasteiger partial charge in [0, 0.05) is 0 Å². The Bertz CT molecular complexity index is 1570. The van der Waals surface area contributed by atoms with Gasteiger partial charge in [-0.1, -0.05) is 127 Å². The first-order valence-corrected chi connectivity index (χ1v) is 18.8. The molecule has 0 unspecified atom stereocenters. The van der Waals surface area contributed by atoms with Gasteiger partial charge in [0.05, 0.1) is 9.79 Å². The smallest absolute Gasteiger partial charge is 0.744 e. The van der Waals surface area contributed by atoms with Crippen LogP contribution in [0.25, 0.3) is 21.5 Å². The summed E-state index contributed by atoms with van der Waals surface area (Å²) in [5.74, 6) is 0. The molecule has 9 heteroatoms. The van der Waals surface area contributed by atoms with Crippen LogP contribution in [0.5, 0.6) is 0 Å². The van der Waals surface area contributed by atoms with Gasteiger partial charge in [0.25, 0.3) is 0 Å². The zero-order valence-corrected chi connectivity index (χ0v) is 30.6. The summed E-state index contributed by atoms with van der Waals surface area (Å²) in [5, 5.41) is 3.55. The minimum absolute atomic E-state index is 0. The van der Waals surface area contributed by atoms with Crippen LogP contribution >= 0.6 is 0 Å². The van der Waals surface area contributed by atoms with Crippen molar-refractivity contribution < 1.29 is 25.9 Å². The standard InChI is InChI=1S/2C18H24O3S.Ca/c2*1-2-3-4-5-6-7-8-15-9-10-16-11-12-18(22(19,20)21)14-17(16)13-15;/h2*9-14H,2-8H2,1H3,(H,19,20,21);/q;;+2/p-2. The summed E-state index contributed by atoms with van der Waals surface area (Å²) < 4.78 is 66.6. The molecule has 0 amide bonds. The number of hydrogen-bond donors (Lipinski definition) is 0. The van der Waals surface area contributed by atoms with Crippen LogP contribution in [-0.4, -0.2) is 63.7 Å². The van der Waals surface area contributed by atoms with E-state index < -0.39 is 20.2 Å². The van der Waals surface area contributed by atoms with Gasteiger partial charge in [-0.25, -0.2) is 16.8 Å². The summed E-state index contributed by atoms with van der Waals surface area (Å²) in [6, 6.07) is 21.2. The van der Waals surface area contributed by atoms with Crippen LogP contribution in [0.1, 0.15) is 102 Å². The van der Waals surface area contributed by atoms with Gasteiger partial charge in [-0.15, -0.1) is 0 Å². The van der Waals surface area contributed by atoms with Crippen molar-refractivity contribution in [2.24, 2.45) is 0 Å². The Morgan fingerprint density at radius 3 is 1.13 bits per heavy atom. The SMILES string of the molecule is CCCCCCCCc1ccc2ccc(S(=O)(=O)[O-])cc2c1.CCCCCCCCc1ccc2ccc(S(=O)(=O)[O-])cc2c1.[Ca+2]. The fraction of sp³-hybridized carbons (Fsp3) is 0.444. The van der Waals surface area contributed by atoms with E-state index in [2.05, 4.69) is 26.0 Å². The van der Waals surface area contributed by atoms with Gasteiger partial charge >= 0.3 is 37.7 Å². The van der Waals surface area contributed by atoms with E-state index in [9.17, 15) is 25.9 Å². The van der Waals surface area contributed by atoms with E-state index in [1.165, 1.54) is 99.6 Å². The molecule has 0 heterocycles. The van der Waals surface area contributed by atoms with Crippen molar-refractivity contribution >= 4 is 79.5 Å². The van der Waals surface area contributed by atoms with Crippen molar-refractivity contribution in [1.82, 2.24) is 0 Å². The summed E-state index contributed by atoms with van der Waals surface area (Å²) in [6.07, 6.45) is 17.0. The molecule has 0 spiro atoms. The van der Waals surface area contributed by atoms with Crippen LogP contribution < -0.4 is 0 Å². The Labute approximate surface area is 300 Å². The zero-order valence-electron chi connectivity index (χ0n) is 26.8. The van der Waals surface area contributed by atoms with Gasteiger partial charge in [-0.3, -0.25) is 0 Å². The maximum Gasteiger partial charge on any atom is 2.00 e. The third-order valence-electron chi connectivity index (χ3n) is 7.97. The van der Waals surface area contributed by atoms with Crippen LogP contribution in [0, 0.1) is 0 Å². The molecule has 0 saturated carbocycles. The van der Waals surface area contributed by atoms with E-state index in [0.29, 0.717) is 0 Å². The molecule has 240 valence electrons. The molecule has 0 aliphatic rings. The number of rotatable bonds is 16. The second kappa shape index (κ2) is 20.0. The first-order valence-electron chi connectivity index (χ1n) is 16.0. The zero-order chi connectivity index (χ0) is 32.0. The molecule has 0 atom stereocenters. The monoisotopic (exact) mass is 678 g/mol. The van der Waals surface area contributed by atoms with E-state index in [0.717, 1.165) is 47.2 Å². The maximum atomic E-state index is 11.1. The molecule has 4 aromatic rings. The van der Waals surface area contributed by atoms with Crippen molar-refractivity contribution in [2.45, 2.75) is 114 Å². The molecule has 0 bridgehead atoms. The van der Waals surface area contributed by atoms with E-state index in [1.54, 1.807) is 12.1 Å². The fourth-order valence-corrected chi connectivity index (χ4v) is 6.40. The molecule has 0 aliphatic heterocycles. The van der Waals surface area contributed by atoms with Crippen LogP contribution in [0.15, 0.2) is 82.6 Å². The second-order valence-corrected chi connectivity index (χ2v) is 14.4. The number of hydrogen-bond acceptors (Lipinski definition) is 6. The first-order chi connectivity index (χ1) is 21.0. The van der Waals surface area contributed by atoms with Crippen LogP contribution in [-0.2, 0) is 33.1 Å². The minimum atomic E-state index is -4.39. The van der Waals surface area contributed by atoms with Crippen molar-refractivity contribution in [1.29, 1.82) is 0 Å². The second-order valence-electron chi connectivity index (χ2n) is 11.6. The topological polar surface area (TPSA) is 114 Å². The fourth-order valence-electron chi connectivity index (χ4n) is 5.39. The Kier molecular flexibility index (Phi) is 17.6. The maximum absolute atomic E-state index is 11.1. The molecule has 6 nitrogen and oxygen atoms in total. The van der Waals surface area contributed by atoms with Crippen molar-refractivity contribution in [3.63, 3.8) is 0 Å². The predicted molar refractivity (Wildman–Crippen MR) is 184 cm³/mol. The van der Waals surface area contributed by atoms with Crippen molar-refractivity contribution in [2.75, 3.05) is 0 Å². The Balaban J connectivity index is 0.000000307. The summed E-state index contributed by atoms with van der Waals surface area (Å²) in [7, 11) is -8.77. The van der Waals surface area contributed by atoms with Crippen molar-refractivity contribution in [3.8, 4) is 0 Å². The molecular weight excluding hydrogens is 633 g/mol. The van der Waals surface area contributed by atoms with Gasteiger partial charge in [-0.05, 0) is 82.6 Å². The van der Waals surface area contributed by atoms with Crippen LogP contribution in [0.3, 0.4) is 0 Å². The van der Waals surface area contributed by atoms with Gasteiger partial charge < -0.3 is 9.11 Å². The molecule has 0 saturated heterocycles. The number of benzene rings is 4. The summed E-state index contributed by atoms with van der Waals surface area (Å²) in [5.41, 5.74) is 2.40. The molecule has 0 N–H and O–H groups in total. The van der Waals surface area contributed by atoms with E-state index in [1.807, 2.05) is 24.3 Å². The van der Waals surface area contributed by atoms with Gasteiger partial charge in [0.15, 0.2) is 0 Å². The normalized spacial score (nSPS) is 11.6.